The first-order valence-electron chi connectivity index (χ1n) is 5.61. The van der Waals surface area contributed by atoms with Crippen molar-refractivity contribution in [3.05, 3.63) is 34.9 Å². The van der Waals surface area contributed by atoms with Gasteiger partial charge >= 0.3 is 0 Å². The number of rotatable bonds is 3. The highest BCUT2D eigenvalue weighted by molar-refractivity contribution is 5.85. The standard InChI is InChI=1S/C13H19NO.ClH/c1-8-4-3-5-9(2)11(8)12(14)13(15)10-6-7-10;/h3-5,10,12-13,15H,6-7,14H2,1-2H3;1H/t12-,13+;/m1./s1. The molecule has 0 aromatic heterocycles. The van der Waals surface area contributed by atoms with Crippen molar-refractivity contribution in [3.63, 3.8) is 0 Å². The van der Waals surface area contributed by atoms with Gasteiger partial charge in [-0.15, -0.1) is 12.4 Å². The number of aliphatic hydroxyl groups excluding tert-OH is 1. The third-order valence-electron chi connectivity index (χ3n) is 3.35. The zero-order chi connectivity index (χ0) is 11.0. The third kappa shape index (κ3) is 2.57. The average Bonchev–Trinajstić information content (AvgIpc) is 2.99. The van der Waals surface area contributed by atoms with E-state index in [2.05, 4.69) is 26.0 Å². The van der Waals surface area contributed by atoms with Crippen LogP contribution < -0.4 is 5.73 Å². The maximum absolute atomic E-state index is 10.0. The molecule has 0 saturated heterocycles. The predicted octanol–water partition coefficient (Wildman–Crippen LogP) is 2.50. The van der Waals surface area contributed by atoms with Crippen LogP contribution in [0.3, 0.4) is 0 Å². The van der Waals surface area contributed by atoms with Gasteiger partial charge in [-0.2, -0.15) is 0 Å². The Kier molecular flexibility index (Phi) is 4.36. The van der Waals surface area contributed by atoms with E-state index in [1.165, 1.54) is 11.1 Å². The molecular weight excluding hydrogens is 222 g/mol. The lowest BCUT2D eigenvalue weighted by Gasteiger charge is -2.22. The Bertz CT molecular complexity index is 343. The van der Waals surface area contributed by atoms with Crippen LogP contribution in [0, 0.1) is 19.8 Å². The number of benzene rings is 1. The van der Waals surface area contributed by atoms with Gasteiger partial charge in [0.2, 0.25) is 0 Å². The normalized spacial score (nSPS) is 18.8. The molecule has 2 atom stereocenters. The second-order valence-corrected chi connectivity index (χ2v) is 4.66. The van der Waals surface area contributed by atoms with Crippen molar-refractivity contribution in [2.75, 3.05) is 0 Å². The van der Waals surface area contributed by atoms with Gasteiger partial charge in [-0.3, -0.25) is 0 Å². The summed E-state index contributed by atoms with van der Waals surface area (Å²) in [6, 6.07) is 5.92. The molecule has 2 rings (SSSR count). The quantitative estimate of drug-likeness (QED) is 0.854. The zero-order valence-electron chi connectivity index (χ0n) is 9.81. The molecule has 3 N–H and O–H groups in total. The Morgan fingerprint density at radius 1 is 1.25 bits per heavy atom. The summed E-state index contributed by atoms with van der Waals surface area (Å²) in [6.07, 6.45) is 1.88. The van der Waals surface area contributed by atoms with Crippen LogP contribution in [0.4, 0.5) is 0 Å². The predicted molar refractivity (Wildman–Crippen MR) is 68.8 cm³/mol. The van der Waals surface area contributed by atoms with E-state index in [0.29, 0.717) is 5.92 Å². The Morgan fingerprint density at radius 3 is 2.19 bits per heavy atom. The minimum Gasteiger partial charge on any atom is -0.391 e. The molecule has 16 heavy (non-hydrogen) atoms. The molecule has 1 aromatic carbocycles. The number of aliphatic hydroxyl groups is 1. The highest BCUT2D eigenvalue weighted by Crippen LogP contribution is 2.38. The number of hydrogen-bond acceptors (Lipinski definition) is 2. The molecule has 90 valence electrons. The second-order valence-electron chi connectivity index (χ2n) is 4.66. The molecule has 2 nitrogen and oxygen atoms in total. The summed E-state index contributed by atoms with van der Waals surface area (Å²) in [7, 11) is 0. The van der Waals surface area contributed by atoms with Gasteiger partial charge in [0, 0.05) is 0 Å². The van der Waals surface area contributed by atoms with Gasteiger partial charge in [0.1, 0.15) is 0 Å². The smallest absolute Gasteiger partial charge is 0.0761 e. The van der Waals surface area contributed by atoms with Crippen LogP contribution in [0.2, 0.25) is 0 Å². The molecule has 1 aliphatic rings. The SMILES string of the molecule is Cc1cccc(C)c1[C@@H](N)[C@@H](O)C1CC1.Cl. The first kappa shape index (κ1) is 13.5. The maximum atomic E-state index is 10.0. The van der Waals surface area contributed by atoms with E-state index in [1.54, 1.807) is 0 Å². The highest BCUT2D eigenvalue weighted by Gasteiger charge is 2.35. The van der Waals surface area contributed by atoms with E-state index in [-0.39, 0.29) is 24.6 Å². The fourth-order valence-electron chi connectivity index (χ4n) is 2.25. The van der Waals surface area contributed by atoms with Gasteiger partial charge in [0.25, 0.3) is 0 Å². The van der Waals surface area contributed by atoms with Crippen LogP contribution in [-0.4, -0.2) is 11.2 Å². The monoisotopic (exact) mass is 241 g/mol. The Morgan fingerprint density at radius 2 is 1.75 bits per heavy atom. The maximum Gasteiger partial charge on any atom is 0.0761 e. The van der Waals surface area contributed by atoms with Gasteiger partial charge < -0.3 is 10.8 Å². The second kappa shape index (κ2) is 5.17. The Hall–Kier alpha value is -0.570. The number of aryl methyl sites for hydroxylation is 2. The third-order valence-corrected chi connectivity index (χ3v) is 3.35. The lowest BCUT2D eigenvalue weighted by Crippen LogP contribution is -2.29. The van der Waals surface area contributed by atoms with Gasteiger partial charge in [-0.05, 0) is 49.3 Å². The molecule has 0 bridgehead atoms. The summed E-state index contributed by atoms with van der Waals surface area (Å²) in [5.41, 5.74) is 9.62. The van der Waals surface area contributed by atoms with Gasteiger partial charge in [0.15, 0.2) is 0 Å². The van der Waals surface area contributed by atoms with Crippen LogP contribution >= 0.6 is 12.4 Å². The molecule has 1 saturated carbocycles. The van der Waals surface area contributed by atoms with Crippen LogP contribution in [-0.2, 0) is 0 Å². The summed E-state index contributed by atoms with van der Waals surface area (Å²) in [5, 5.41) is 10.0. The van der Waals surface area contributed by atoms with Crippen molar-refractivity contribution in [2.45, 2.75) is 38.8 Å². The van der Waals surface area contributed by atoms with Gasteiger partial charge in [-0.25, -0.2) is 0 Å². The molecule has 1 aromatic rings. The summed E-state index contributed by atoms with van der Waals surface area (Å²) >= 11 is 0. The lowest BCUT2D eigenvalue weighted by molar-refractivity contribution is 0.122. The summed E-state index contributed by atoms with van der Waals surface area (Å²) in [5.74, 6) is 0.430. The van der Waals surface area contributed by atoms with E-state index in [0.717, 1.165) is 18.4 Å². The summed E-state index contributed by atoms with van der Waals surface area (Å²) < 4.78 is 0. The first-order valence-corrected chi connectivity index (χ1v) is 5.61. The van der Waals surface area contributed by atoms with Crippen molar-refractivity contribution in [3.8, 4) is 0 Å². The van der Waals surface area contributed by atoms with E-state index in [1.807, 2.05) is 6.07 Å². The van der Waals surface area contributed by atoms with Crippen molar-refractivity contribution >= 4 is 12.4 Å². The minimum absolute atomic E-state index is 0. The minimum atomic E-state index is -0.371. The average molecular weight is 242 g/mol. The largest absolute Gasteiger partial charge is 0.391 e. The van der Waals surface area contributed by atoms with E-state index >= 15 is 0 Å². The van der Waals surface area contributed by atoms with Crippen molar-refractivity contribution < 1.29 is 5.11 Å². The van der Waals surface area contributed by atoms with Gasteiger partial charge in [0.05, 0.1) is 12.1 Å². The van der Waals surface area contributed by atoms with Crippen LogP contribution in [0.5, 0.6) is 0 Å². The van der Waals surface area contributed by atoms with Crippen LogP contribution in [0.25, 0.3) is 0 Å². The fourth-order valence-corrected chi connectivity index (χ4v) is 2.25. The fraction of sp³-hybridized carbons (Fsp3) is 0.538. The Balaban J connectivity index is 0.00000128. The van der Waals surface area contributed by atoms with Crippen molar-refractivity contribution in [1.29, 1.82) is 0 Å². The molecule has 0 amide bonds. The molecule has 1 fully saturated rings. The zero-order valence-corrected chi connectivity index (χ0v) is 10.6. The Labute approximate surface area is 103 Å². The molecule has 3 heteroatoms. The first-order chi connectivity index (χ1) is 7.11. The van der Waals surface area contributed by atoms with E-state index in [4.69, 9.17) is 5.73 Å². The highest BCUT2D eigenvalue weighted by atomic mass is 35.5. The summed E-state index contributed by atoms with van der Waals surface area (Å²) in [6.45, 7) is 4.11. The van der Waals surface area contributed by atoms with E-state index in [9.17, 15) is 5.11 Å². The van der Waals surface area contributed by atoms with Crippen molar-refractivity contribution in [1.82, 2.24) is 0 Å². The number of nitrogens with two attached hydrogens (primary N) is 1. The van der Waals surface area contributed by atoms with Gasteiger partial charge in [-0.1, -0.05) is 18.2 Å². The number of halogens is 1. The van der Waals surface area contributed by atoms with Crippen LogP contribution in [0.1, 0.15) is 35.6 Å². The molecule has 0 heterocycles. The molecule has 0 aliphatic heterocycles. The lowest BCUT2D eigenvalue weighted by atomic mass is 9.91. The molecular formula is C13H20ClNO. The number of hydrogen-bond donors (Lipinski definition) is 2. The molecule has 1 aliphatic carbocycles. The topological polar surface area (TPSA) is 46.2 Å². The van der Waals surface area contributed by atoms with E-state index < -0.39 is 0 Å². The molecule has 0 unspecified atom stereocenters. The summed E-state index contributed by atoms with van der Waals surface area (Å²) in [4.78, 5) is 0. The molecule has 0 spiro atoms. The molecule has 0 radical (unpaired) electrons. The van der Waals surface area contributed by atoms with Crippen molar-refractivity contribution in [2.24, 2.45) is 11.7 Å². The van der Waals surface area contributed by atoms with Crippen LogP contribution in [0.15, 0.2) is 18.2 Å².